The third-order valence-electron chi connectivity index (χ3n) is 3.71. The molecule has 0 saturated carbocycles. The van der Waals surface area contributed by atoms with Crippen molar-refractivity contribution in [3.05, 3.63) is 29.8 Å². The maximum atomic E-state index is 11.9. The number of anilines is 1. The van der Waals surface area contributed by atoms with Crippen LogP contribution in [0.4, 0.5) is 5.69 Å². The van der Waals surface area contributed by atoms with Gasteiger partial charge in [0.1, 0.15) is 0 Å². The number of benzene rings is 1. The molecule has 7 heteroatoms. The van der Waals surface area contributed by atoms with Gasteiger partial charge in [0, 0.05) is 25.3 Å². The van der Waals surface area contributed by atoms with E-state index >= 15 is 0 Å². The lowest BCUT2D eigenvalue weighted by molar-refractivity contribution is 0.0381. The van der Waals surface area contributed by atoms with Gasteiger partial charge in [-0.2, -0.15) is 0 Å². The monoisotopic (exact) mass is 327 g/mol. The number of nitrogens with two attached hydrogens (primary N) is 1. The van der Waals surface area contributed by atoms with E-state index in [0.29, 0.717) is 25.1 Å². The summed E-state index contributed by atoms with van der Waals surface area (Å²) >= 11 is 0. The van der Waals surface area contributed by atoms with Crippen molar-refractivity contribution in [2.75, 3.05) is 50.9 Å². The van der Waals surface area contributed by atoms with Gasteiger partial charge in [-0.1, -0.05) is 12.1 Å². The molecule has 1 saturated heterocycles. The molecule has 1 aliphatic heterocycles. The molecular formula is C15H25N3O3S. The molecule has 0 atom stereocenters. The van der Waals surface area contributed by atoms with Crippen molar-refractivity contribution in [3.63, 3.8) is 0 Å². The molecule has 3 N–H and O–H groups in total. The predicted molar refractivity (Wildman–Crippen MR) is 88.2 cm³/mol. The summed E-state index contributed by atoms with van der Waals surface area (Å²) in [7, 11) is -3.19. The van der Waals surface area contributed by atoms with Gasteiger partial charge in [0.2, 0.25) is 10.0 Å². The number of sulfonamides is 1. The van der Waals surface area contributed by atoms with Crippen LogP contribution in [-0.2, 0) is 21.2 Å². The first-order valence-corrected chi connectivity index (χ1v) is 9.32. The summed E-state index contributed by atoms with van der Waals surface area (Å²) in [5, 5.41) is 0. The molecule has 124 valence electrons. The lowest BCUT2D eigenvalue weighted by Crippen LogP contribution is -2.38. The van der Waals surface area contributed by atoms with Gasteiger partial charge in [0.05, 0.1) is 19.0 Å². The molecule has 1 aromatic rings. The van der Waals surface area contributed by atoms with Gasteiger partial charge in [-0.05, 0) is 37.1 Å². The quantitative estimate of drug-likeness (QED) is 0.677. The first-order chi connectivity index (χ1) is 10.6. The van der Waals surface area contributed by atoms with Crippen LogP contribution in [-0.4, -0.2) is 58.5 Å². The molecule has 0 aliphatic carbocycles. The van der Waals surface area contributed by atoms with E-state index in [9.17, 15) is 8.42 Å². The number of nitrogens with zero attached hydrogens (tertiary/aromatic N) is 1. The average Bonchev–Trinajstić information content (AvgIpc) is 2.50. The third kappa shape index (κ3) is 6.31. The molecule has 22 heavy (non-hydrogen) atoms. The second kappa shape index (κ2) is 8.47. The highest BCUT2D eigenvalue weighted by Gasteiger charge is 2.13. The molecule has 2 rings (SSSR count). The fourth-order valence-electron chi connectivity index (χ4n) is 2.41. The highest BCUT2D eigenvalue weighted by Crippen LogP contribution is 2.06. The molecule has 0 unspecified atom stereocenters. The van der Waals surface area contributed by atoms with Crippen LogP contribution >= 0.6 is 0 Å². The zero-order chi connectivity index (χ0) is 15.8. The molecular weight excluding hydrogens is 302 g/mol. The van der Waals surface area contributed by atoms with Crippen molar-refractivity contribution in [3.8, 4) is 0 Å². The molecule has 0 aromatic heterocycles. The highest BCUT2D eigenvalue weighted by atomic mass is 32.2. The van der Waals surface area contributed by atoms with Crippen LogP contribution < -0.4 is 10.5 Å². The maximum Gasteiger partial charge on any atom is 0.211 e. The number of nitrogens with one attached hydrogen (secondary N) is 1. The number of nitrogen functional groups attached to an aromatic ring is 1. The smallest absolute Gasteiger partial charge is 0.211 e. The highest BCUT2D eigenvalue weighted by molar-refractivity contribution is 7.89. The van der Waals surface area contributed by atoms with Crippen molar-refractivity contribution in [1.82, 2.24) is 9.62 Å². The lowest BCUT2D eigenvalue weighted by atomic mass is 10.1. The Bertz CT molecular complexity index is 540. The van der Waals surface area contributed by atoms with Crippen LogP contribution in [0, 0.1) is 0 Å². The molecule has 0 radical (unpaired) electrons. The Morgan fingerprint density at radius 1 is 1.18 bits per heavy atom. The average molecular weight is 327 g/mol. The zero-order valence-electron chi connectivity index (χ0n) is 12.8. The molecule has 0 amide bonds. The Morgan fingerprint density at radius 2 is 1.86 bits per heavy atom. The van der Waals surface area contributed by atoms with E-state index in [1.54, 1.807) is 0 Å². The van der Waals surface area contributed by atoms with E-state index in [-0.39, 0.29) is 5.75 Å². The van der Waals surface area contributed by atoms with Crippen LogP contribution in [0.5, 0.6) is 0 Å². The summed E-state index contributed by atoms with van der Waals surface area (Å²) in [6.45, 7) is 4.50. The topological polar surface area (TPSA) is 84.7 Å². The Kier molecular flexibility index (Phi) is 6.63. The summed E-state index contributed by atoms with van der Waals surface area (Å²) in [5.41, 5.74) is 7.41. The summed E-state index contributed by atoms with van der Waals surface area (Å²) in [4.78, 5) is 2.24. The van der Waals surface area contributed by atoms with Crippen LogP contribution in [0.3, 0.4) is 0 Å². The van der Waals surface area contributed by atoms with Crippen LogP contribution in [0.1, 0.15) is 12.0 Å². The van der Waals surface area contributed by atoms with Gasteiger partial charge in [-0.25, -0.2) is 13.1 Å². The van der Waals surface area contributed by atoms with E-state index in [4.69, 9.17) is 10.5 Å². The standard InChI is InChI=1S/C15H25N3O3S/c16-15-4-2-14(3-5-15)6-7-17-22(19,20)13-1-8-18-9-11-21-12-10-18/h2-5,17H,1,6-13,16H2. The molecule has 6 nitrogen and oxygen atoms in total. The molecule has 0 bridgehead atoms. The zero-order valence-corrected chi connectivity index (χ0v) is 13.6. The number of hydrogen-bond donors (Lipinski definition) is 2. The lowest BCUT2D eigenvalue weighted by Gasteiger charge is -2.26. The van der Waals surface area contributed by atoms with Crippen LogP contribution in [0.25, 0.3) is 0 Å². The van der Waals surface area contributed by atoms with Crippen molar-refractivity contribution in [2.24, 2.45) is 0 Å². The van der Waals surface area contributed by atoms with Gasteiger partial charge in [0.25, 0.3) is 0 Å². The normalized spacial score (nSPS) is 16.7. The number of hydrogen-bond acceptors (Lipinski definition) is 5. The van der Waals surface area contributed by atoms with Gasteiger partial charge in [-0.3, -0.25) is 4.90 Å². The molecule has 1 aromatic carbocycles. The van der Waals surface area contributed by atoms with Crippen molar-refractivity contribution < 1.29 is 13.2 Å². The second-order valence-corrected chi connectivity index (χ2v) is 7.44. The number of ether oxygens (including phenoxy) is 1. The van der Waals surface area contributed by atoms with Gasteiger partial charge >= 0.3 is 0 Å². The fraction of sp³-hybridized carbons (Fsp3) is 0.600. The molecule has 1 aliphatic rings. The summed E-state index contributed by atoms with van der Waals surface area (Å²) in [6.07, 6.45) is 1.32. The molecule has 1 heterocycles. The minimum Gasteiger partial charge on any atom is -0.399 e. The van der Waals surface area contributed by atoms with Gasteiger partial charge in [-0.15, -0.1) is 0 Å². The second-order valence-electron chi connectivity index (χ2n) is 5.51. The van der Waals surface area contributed by atoms with Crippen molar-refractivity contribution in [2.45, 2.75) is 12.8 Å². The van der Waals surface area contributed by atoms with E-state index in [0.717, 1.165) is 38.4 Å². The van der Waals surface area contributed by atoms with E-state index in [2.05, 4.69) is 9.62 Å². The van der Waals surface area contributed by atoms with Gasteiger partial charge in [0.15, 0.2) is 0 Å². The van der Waals surface area contributed by atoms with Crippen LogP contribution in [0.15, 0.2) is 24.3 Å². The summed E-state index contributed by atoms with van der Waals surface area (Å²) < 4.78 is 31.8. The van der Waals surface area contributed by atoms with Crippen molar-refractivity contribution in [1.29, 1.82) is 0 Å². The summed E-state index contributed by atoms with van der Waals surface area (Å²) in [5.74, 6) is 0.173. The minimum absolute atomic E-state index is 0.173. The molecule has 1 fully saturated rings. The minimum atomic E-state index is -3.19. The van der Waals surface area contributed by atoms with E-state index in [1.807, 2.05) is 24.3 Å². The van der Waals surface area contributed by atoms with Crippen molar-refractivity contribution >= 4 is 15.7 Å². The van der Waals surface area contributed by atoms with Crippen LogP contribution in [0.2, 0.25) is 0 Å². The largest absolute Gasteiger partial charge is 0.399 e. The Morgan fingerprint density at radius 3 is 2.55 bits per heavy atom. The fourth-order valence-corrected chi connectivity index (χ4v) is 3.48. The Labute approximate surface area is 132 Å². The summed E-state index contributed by atoms with van der Waals surface area (Å²) in [6, 6.07) is 7.49. The van der Waals surface area contributed by atoms with E-state index in [1.165, 1.54) is 0 Å². The number of morpholine rings is 1. The predicted octanol–water partition coefficient (Wildman–Crippen LogP) is 0.453. The third-order valence-corrected chi connectivity index (χ3v) is 5.18. The first-order valence-electron chi connectivity index (χ1n) is 7.67. The first kappa shape index (κ1) is 17.2. The molecule has 0 spiro atoms. The Hall–Kier alpha value is -1.15. The van der Waals surface area contributed by atoms with Gasteiger partial charge < -0.3 is 10.5 Å². The van der Waals surface area contributed by atoms with E-state index < -0.39 is 10.0 Å². The maximum absolute atomic E-state index is 11.9. The number of rotatable bonds is 8. The SMILES string of the molecule is Nc1ccc(CCNS(=O)(=O)CCCN2CCOCC2)cc1. The Balaban J connectivity index is 1.64.